The fraction of sp³-hybridized carbons (Fsp3) is 0.688. The van der Waals surface area contributed by atoms with Gasteiger partial charge in [-0.3, -0.25) is 9.35 Å². The number of allylic oxidation sites excluding steroid dienone is 14. The number of hydrogen-bond acceptors (Lipinski definition) is 11. The lowest BCUT2D eigenvalue weighted by Gasteiger charge is -2.41. The highest BCUT2D eigenvalue weighted by Crippen LogP contribution is 2.26. The fourth-order valence-corrected chi connectivity index (χ4v) is 6.83. The van der Waals surface area contributed by atoms with Crippen LogP contribution in [-0.2, 0) is 38.3 Å². The molecular formula is C48H80O12S. The van der Waals surface area contributed by atoms with Crippen molar-refractivity contribution in [3.05, 3.63) is 85.1 Å². The van der Waals surface area contributed by atoms with Gasteiger partial charge in [0.2, 0.25) is 0 Å². The molecule has 0 aromatic carbocycles. The van der Waals surface area contributed by atoms with Gasteiger partial charge in [-0.15, -0.1) is 0 Å². The van der Waals surface area contributed by atoms with E-state index in [-0.39, 0.29) is 19.6 Å². The fourth-order valence-electron chi connectivity index (χ4n) is 6.32. The SMILES string of the molecule is CC/C=C\C/C=C\C/C=C\C/C=C\C/C=C\C/C=C\CCCCCCCOCC(COC1OC(CO)C(O)C(OS(=O)(=O)O)C1O)OC(=O)CCCCCCC/C=C\CCC. The molecule has 6 unspecified atom stereocenters. The van der Waals surface area contributed by atoms with Gasteiger partial charge in [-0.2, -0.15) is 8.42 Å². The van der Waals surface area contributed by atoms with Crippen molar-refractivity contribution in [2.75, 3.05) is 26.4 Å². The summed E-state index contributed by atoms with van der Waals surface area (Å²) >= 11 is 0. The topological polar surface area (TPSA) is 178 Å². The zero-order chi connectivity index (χ0) is 44.7. The lowest BCUT2D eigenvalue weighted by Crippen LogP contribution is -2.60. The number of aliphatic hydroxyl groups is 3. The summed E-state index contributed by atoms with van der Waals surface area (Å²) in [5.41, 5.74) is 0. The van der Waals surface area contributed by atoms with Crippen LogP contribution in [0.25, 0.3) is 0 Å². The van der Waals surface area contributed by atoms with Crippen molar-refractivity contribution >= 4 is 16.4 Å². The van der Waals surface area contributed by atoms with Gasteiger partial charge in [-0.05, 0) is 83.5 Å². The van der Waals surface area contributed by atoms with Gasteiger partial charge in [0.05, 0.1) is 19.8 Å². The molecule has 4 N–H and O–H groups in total. The van der Waals surface area contributed by atoms with Crippen molar-refractivity contribution in [2.24, 2.45) is 0 Å². The van der Waals surface area contributed by atoms with Crippen molar-refractivity contribution in [1.82, 2.24) is 0 Å². The summed E-state index contributed by atoms with van der Waals surface area (Å²) in [4.78, 5) is 12.8. The van der Waals surface area contributed by atoms with E-state index in [0.717, 1.165) is 122 Å². The second-order valence-electron chi connectivity index (χ2n) is 15.3. The third kappa shape index (κ3) is 32.6. The molecule has 0 aromatic rings. The minimum absolute atomic E-state index is 0.0137. The lowest BCUT2D eigenvalue weighted by molar-refractivity contribution is -0.301. The third-order valence-corrected chi connectivity index (χ3v) is 10.2. The first kappa shape index (κ1) is 56.3. The van der Waals surface area contributed by atoms with E-state index in [4.69, 9.17) is 23.5 Å². The van der Waals surface area contributed by atoms with Gasteiger partial charge in [0.25, 0.3) is 0 Å². The average molecular weight is 881 g/mol. The number of rotatable bonds is 38. The molecule has 1 aliphatic heterocycles. The Kier molecular flexibility index (Phi) is 35.9. The minimum Gasteiger partial charge on any atom is -0.457 e. The Labute approximate surface area is 368 Å². The summed E-state index contributed by atoms with van der Waals surface area (Å²) in [6.45, 7) is 3.72. The Morgan fingerprint density at radius 2 is 1.13 bits per heavy atom. The van der Waals surface area contributed by atoms with Crippen LogP contribution in [0.1, 0.15) is 149 Å². The molecule has 350 valence electrons. The number of esters is 1. The maximum atomic E-state index is 12.8. The molecule has 1 saturated heterocycles. The first-order valence-corrected chi connectivity index (χ1v) is 24.2. The highest BCUT2D eigenvalue weighted by atomic mass is 32.3. The highest BCUT2D eigenvalue weighted by molar-refractivity contribution is 7.80. The van der Waals surface area contributed by atoms with Crippen LogP contribution in [0.15, 0.2) is 85.1 Å². The molecule has 6 atom stereocenters. The van der Waals surface area contributed by atoms with Crippen LogP contribution in [0.4, 0.5) is 0 Å². The largest absolute Gasteiger partial charge is 0.457 e. The summed E-state index contributed by atoms with van der Waals surface area (Å²) in [6, 6.07) is 0. The monoisotopic (exact) mass is 881 g/mol. The van der Waals surface area contributed by atoms with Crippen LogP contribution in [0, 0.1) is 0 Å². The normalized spacial score (nSPS) is 20.9. The van der Waals surface area contributed by atoms with Crippen LogP contribution in [0.5, 0.6) is 0 Å². The molecule has 0 spiro atoms. The zero-order valence-electron chi connectivity index (χ0n) is 37.2. The van der Waals surface area contributed by atoms with Gasteiger partial charge in [0.15, 0.2) is 6.29 Å². The Morgan fingerprint density at radius 1 is 0.639 bits per heavy atom. The highest BCUT2D eigenvalue weighted by Gasteiger charge is 2.48. The number of aliphatic hydroxyl groups excluding tert-OH is 3. The van der Waals surface area contributed by atoms with E-state index in [2.05, 4.69) is 103 Å². The summed E-state index contributed by atoms with van der Waals surface area (Å²) < 4.78 is 58.9. The first-order chi connectivity index (χ1) is 29.6. The number of carbonyl (C=O) groups excluding carboxylic acids is 1. The maximum Gasteiger partial charge on any atom is 0.397 e. The van der Waals surface area contributed by atoms with Crippen LogP contribution in [0.2, 0.25) is 0 Å². The van der Waals surface area contributed by atoms with E-state index in [1.54, 1.807) is 0 Å². The molecule has 0 bridgehead atoms. The standard InChI is InChI=1S/C48H80O12S/c1-3-5-7-9-11-13-15-16-17-18-19-20-21-22-23-24-25-26-27-28-30-32-34-36-38-56-40-42(58-44(50)37-35-33-31-29-14-12-10-8-6-4-2)41-57-48-46(52)47(60-61(53,54)55)45(51)43(39-49)59-48/h5,7-8,10-11,13,16-17,19-20,22-23,25-26,42-43,45-49,51-52H,3-4,6,9,12,14-15,18,21,24,27-41H2,1-2H3,(H,53,54,55)/b7-5-,10-8-,13-11-,17-16-,20-19-,23-22-,26-25-. The van der Waals surface area contributed by atoms with Crippen LogP contribution < -0.4 is 0 Å². The summed E-state index contributed by atoms with van der Waals surface area (Å²) in [7, 11) is -5.07. The average Bonchev–Trinajstić information content (AvgIpc) is 3.23. The van der Waals surface area contributed by atoms with Gasteiger partial charge < -0.3 is 34.3 Å². The van der Waals surface area contributed by atoms with E-state index < -0.39 is 59.8 Å². The van der Waals surface area contributed by atoms with Gasteiger partial charge in [-0.25, -0.2) is 4.18 Å². The maximum absolute atomic E-state index is 12.8. The number of carbonyl (C=O) groups is 1. The minimum atomic E-state index is -5.07. The second kappa shape index (κ2) is 38.9. The molecule has 0 radical (unpaired) electrons. The van der Waals surface area contributed by atoms with E-state index >= 15 is 0 Å². The molecule has 1 rings (SSSR count). The van der Waals surface area contributed by atoms with E-state index in [1.807, 2.05) is 0 Å². The van der Waals surface area contributed by atoms with Gasteiger partial charge in [0, 0.05) is 13.0 Å². The third-order valence-electron chi connectivity index (χ3n) is 9.73. The van der Waals surface area contributed by atoms with Gasteiger partial charge >= 0.3 is 16.4 Å². The van der Waals surface area contributed by atoms with Crippen molar-refractivity contribution in [3.63, 3.8) is 0 Å². The molecule has 0 aromatic heterocycles. The van der Waals surface area contributed by atoms with E-state index in [9.17, 15) is 28.5 Å². The quantitative estimate of drug-likeness (QED) is 0.0200. The Bertz CT molecular complexity index is 1390. The van der Waals surface area contributed by atoms with E-state index in [0.29, 0.717) is 13.0 Å². The molecule has 61 heavy (non-hydrogen) atoms. The van der Waals surface area contributed by atoms with Crippen molar-refractivity contribution < 1.29 is 56.2 Å². The van der Waals surface area contributed by atoms with Gasteiger partial charge in [0.1, 0.15) is 30.5 Å². The lowest BCUT2D eigenvalue weighted by atomic mass is 9.99. The second-order valence-corrected chi connectivity index (χ2v) is 16.3. The van der Waals surface area contributed by atoms with Crippen LogP contribution >= 0.6 is 0 Å². The smallest absolute Gasteiger partial charge is 0.397 e. The molecule has 13 heteroatoms. The van der Waals surface area contributed by atoms with Crippen LogP contribution in [0.3, 0.4) is 0 Å². The predicted molar refractivity (Wildman–Crippen MR) is 243 cm³/mol. The summed E-state index contributed by atoms with van der Waals surface area (Å²) in [5, 5.41) is 30.6. The molecule has 1 heterocycles. The zero-order valence-corrected chi connectivity index (χ0v) is 38.0. The van der Waals surface area contributed by atoms with Crippen molar-refractivity contribution in [3.8, 4) is 0 Å². The summed E-state index contributed by atoms with van der Waals surface area (Å²) in [6.07, 6.45) is 42.0. The predicted octanol–water partition coefficient (Wildman–Crippen LogP) is 9.68. The first-order valence-electron chi connectivity index (χ1n) is 22.8. The molecule has 0 saturated carbocycles. The molecule has 0 aliphatic carbocycles. The van der Waals surface area contributed by atoms with Crippen molar-refractivity contribution in [2.45, 2.75) is 185 Å². The van der Waals surface area contributed by atoms with E-state index in [1.165, 1.54) is 0 Å². The molecule has 1 aliphatic rings. The molecule has 12 nitrogen and oxygen atoms in total. The Morgan fingerprint density at radius 3 is 1.67 bits per heavy atom. The Balaban J connectivity index is 2.39. The Hall–Kier alpha value is -2.72. The van der Waals surface area contributed by atoms with Gasteiger partial charge in [-0.1, -0.05) is 144 Å². The number of ether oxygens (including phenoxy) is 4. The van der Waals surface area contributed by atoms with Crippen LogP contribution in [-0.4, -0.2) is 97.5 Å². The van der Waals surface area contributed by atoms with Crippen molar-refractivity contribution in [1.29, 1.82) is 0 Å². The number of hydrogen-bond donors (Lipinski definition) is 4. The molecule has 1 fully saturated rings. The summed E-state index contributed by atoms with van der Waals surface area (Å²) in [5.74, 6) is -0.423. The molecular weight excluding hydrogens is 801 g/mol. The number of unbranched alkanes of at least 4 members (excludes halogenated alkanes) is 11. The molecule has 0 amide bonds.